The molecule has 1 aromatic heterocycles. The van der Waals surface area contributed by atoms with Crippen molar-refractivity contribution in [3.05, 3.63) is 58.9 Å². The standard InChI is InChI=1S/C22H27ClN3O3.BrH/c1-22(2)21(28-14-15-6-8-16(23)9-7-15)20(26-11-4-3-5-19(26)27)17-13-25(24)12-10-18(17)29-22;/h6-10,12-13,20-21H,3-5,11,14,24H2,1-2H3;1H/q+1;/p-1. The molecule has 8 heteroatoms. The minimum Gasteiger partial charge on any atom is -1.00 e. The molecular formula is C22H27BrClN3O3. The van der Waals surface area contributed by atoms with Crippen LogP contribution >= 0.6 is 11.6 Å². The van der Waals surface area contributed by atoms with Gasteiger partial charge < -0.3 is 31.4 Å². The summed E-state index contributed by atoms with van der Waals surface area (Å²) in [4.78, 5) is 14.8. The van der Waals surface area contributed by atoms with Crippen LogP contribution in [0.5, 0.6) is 5.75 Å². The van der Waals surface area contributed by atoms with Gasteiger partial charge in [0, 0.05) is 24.1 Å². The van der Waals surface area contributed by atoms with Gasteiger partial charge in [0.25, 0.3) is 0 Å². The summed E-state index contributed by atoms with van der Waals surface area (Å²) in [5.41, 5.74) is 1.27. The number of nitrogen functional groups attached to an aromatic ring is 1. The van der Waals surface area contributed by atoms with Crippen molar-refractivity contribution in [1.82, 2.24) is 4.90 Å². The van der Waals surface area contributed by atoms with Gasteiger partial charge in [0.2, 0.25) is 18.3 Å². The van der Waals surface area contributed by atoms with Crippen LogP contribution in [0.25, 0.3) is 0 Å². The summed E-state index contributed by atoms with van der Waals surface area (Å²) in [7, 11) is 0. The number of hydrogen-bond donors (Lipinski definition) is 1. The molecule has 4 rings (SSSR count). The van der Waals surface area contributed by atoms with E-state index < -0.39 is 5.60 Å². The van der Waals surface area contributed by atoms with E-state index in [4.69, 9.17) is 26.9 Å². The smallest absolute Gasteiger partial charge is 0.223 e. The molecule has 2 unspecified atom stereocenters. The Morgan fingerprint density at radius 3 is 2.70 bits per heavy atom. The van der Waals surface area contributed by atoms with E-state index in [2.05, 4.69) is 0 Å². The van der Waals surface area contributed by atoms with Gasteiger partial charge in [0.05, 0.1) is 18.2 Å². The number of hydrogen-bond acceptors (Lipinski definition) is 4. The number of piperidine rings is 1. The van der Waals surface area contributed by atoms with Crippen LogP contribution in [0, 0.1) is 0 Å². The Hall–Kier alpha value is -1.83. The lowest BCUT2D eigenvalue weighted by Gasteiger charge is -2.48. The Morgan fingerprint density at radius 1 is 1.27 bits per heavy atom. The molecule has 0 bridgehead atoms. The van der Waals surface area contributed by atoms with Crippen LogP contribution < -0.4 is 32.2 Å². The van der Waals surface area contributed by atoms with Gasteiger partial charge in [0.1, 0.15) is 17.5 Å². The first kappa shape index (κ1) is 22.8. The molecule has 2 N–H and O–H groups in total. The molecule has 6 nitrogen and oxygen atoms in total. The van der Waals surface area contributed by atoms with E-state index >= 15 is 0 Å². The van der Waals surface area contributed by atoms with Crippen molar-refractivity contribution >= 4 is 17.5 Å². The number of nitrogens with zero attached hydrogens (tertiary/aromatic N) is 2. The van der Waals surface area contributed by atoms with Gasteiger partial charge in [-0.05, 0) is 44.4 Å². The SMILES string of the molecule is CC1(C)Oc2cc[n+](N)cc2C(N2CCCCC2=O)C1OCc1ccc(Cl)cc1.[Br-]. The zero-order valence-corrected chi connectivity index (χ0v) is 19.5. The minimum atomic E-state index is -0.622. The number of rotatable bonds is 4. The Kier molecular flexibility index (Phi) is 6.95. The molecular weight excluding hydrogens is 470 g/mol. The number of aromatic nitrogens is 1. The number of fused-ring (bicyclic) bond motifs is 1. The van der Waals surface area contributed by atoms with Gasteiger partial charge in [-0.25, -0.2) is 5.84 Å². The highest BCUT2D eigenvalue weighted by Gasteiger charge is 2.49. The highest BCUT2D eigenvalue weighted by atomic mass is 79.9. The largest absolute Gasteiger partial charge is 1.00 e. The number of pyridine rings is 1. The average molecular weight is 497 g/mol. The van der Waals surface area contributed by atoms with Crippen molar-refractivity contribution < 1.29 is 35.9 Å². The number of amides is 1. The van der Waals surface area contributed by atoms with Gasteiger partial charge in [-0.3, -0.25) is 4.79 Å². The highest BCUT2D eigenvalue weighted by molar-refractivity contribution is 6.30. The summed E-state index contributed by atoms with van der Waals surface area (Å²) in [5.74, 6) is 6.90. The predicted octanol–water partition coefficient (Wildman–Crippen LogP) is 0.155. The van der Waals surface area contributed by atoms with Crippen LogP contribution in [0.3, 0.4) is 0 Å². The van der Waals surface area contributed by atoms with Crippen LogP contribution in [0.4, 0.5) is 0 Å². The molecule has 1 fully saturated rings. The molecule has 0 aliphatic carbocycles. The molecule has 1 aromatic carbocycles. The lowest BCUT2D eigenvalue weighted by molar-refractivity contribution is -0.639. The quantitative estimate of drug-likeness (QED) is 0.484. The van der Waals surface area contributed by atoms with E-state index in [1.165, 1.54) is 4.68 Å². The molecule has 2 aromatic rings. The second-order valence-corrected chi connectivity index (χ2v) is 8.70. The van der Waals surface area contributed by atoms with E-state index in [0.717, 1.165) is 29.7 Å². The molecule has 2 aliphatic heterocycles. The van der Waals surface area contributed by atoms with E-state index in [9.17, 15) is 4.79 Å². The van der Waals surface area contributed by atoms with Gasteiger partial charge >= 0.3 is 0 Å². The van der Waals surface area contributed by atoms with Gasteiger partial charge in [-0.1, -0.05) is 28.4 Å². The summed E-state index contributed by atoms with van der Waals surface area (Å²) in [6.07, 6.45) is 5.70. The molecule has 1 amide bonds. The third-order valence-electron chi connectivity index (χ3n) is 5.67. The first-order valence-electron chi connectivity index (χ1n) is 10.00. The number of carbonyl (C=O) groups excluding carboxylic acids is 1. The molecule has 3 heterocycles. The number of halogens is 2. The van der Waals surface area contributed by atoms with Crippen LogP contribution in [-0.4, -0.2) is 29.1 Å². The fourth-order valence-corrected chi connectivity index (χ4v) is 4.35. The second kappa shape index (κ2) is 9.12. The molecule has 2 atom stereocenters. The predicted molar refractivity (Wildman–Crippen MR) is 110 cm³/mol. The summed E-state index contributed by atoms with van der Waals surface area (Å²) >= 11 is 6.00. The van der Waals surface area contributed by atoms with Gasteiger partial charge in [-0.2, -0.15) is 0 Å². The summed E-state index contributed by atoms with van der Waals surface area (Å²) in [6.45, 7) is 5.12. The summed E-state index contributed by atoms with van der Waals surface area (Å²) in [6, 6.07) is 9.18. The van der Waals surface area contributed by atoms with Crippen LogP contribution in [-0.2, 0) is 16.1 Å². The first-order chi connectivity index (χ1) is 13.8. The second-order valence-electron chi connectivity index (χ2n) is 8.26. The van der Waals surface area contributed by atoms with E-state index in [1.807, 2.05) is 55.3 Å². The van der Waals surface area contributed by atoms with Crippen molar-refractivity contribution in [2.45, 2.75) is 57.5 Å². The number of likely N-dealkylation sites (tertiary alicyclic amines) is 1. The number of carbonyl (C=O) groups is 1. The number of benzene rings is 1. The van der Waals surface area contributed by atoms with Crippen molar-refractivity contribution in [2.24, 2.45) is 0 Å². The Balaban J connectivity index is 0.00000256. The van der Waals surface area contributed by atoms with Crippen molar-refractivity contribution in [3.8, 4) is 5.75 Å². The van der Waals surface area contributed by atoms with Gasteiger partial charge in [0.15, 0.2) is 0 Å². The summed E-state index contributed by atoms with van der Waals surface area (Å²) in [5, 5.41) is 0.688. The van der Waals surface area contributed by atoms with Crippen molar-refractivity contribution in [1.29, 1.82) is 0 Å². The zero-order valence-electron chi connectivity index (χ0n) is 17.2. The van der Waals surface area contributed by atoms with Gasteiger partial charge in [-0.15, -0.1) is 0 Å². The zero-order chi connectivity index (χ0) is 20.6. The fourth-order valence-electron chi connectivity index (χ4n) is 4.23. The molecule has 30 heavy (non-hydrogen) atoms. The monoisotopic (exact) mass is 495 g/mol. The Labute approximate surface area is 192 Å². The number of ether oxygens (including phenoxy) is 2. The molecule has 0 radical (unpaired) electrons. The van der Waals surface area contributed by atoms with Crippen molar-refractivity contribution in [3.63, 3.8) is 0 Å². The maximum absolute atomic E-state index is 12.8. The molecule has 1 saturated heterocycles. The Bertz CT molecular complexity index is 907. The fraction of sp³-hybridized carbons (Fsp3) is 0.455. The lowest BCUT2D eigenvalue weighted by Crippen LogP contribution is -3.00. The topological polar surface area (TPSA) is 68.7 Å². The van der Waals surface area contributed by atoms with E-state index in [-0.39, 0.29) is 35.0 Å². The van der Waals surface area contributed by atoms with Crippen LogP contribution in [0.2, 0.25) is 5.02 Å². The molecule has 0 saturated carbocycles. The third kappa shape index (κ3) is 4.58. The lowest BCUT2D eigenvalue weighted by atomic mass is 9.85. The maximum atomic E-state index is 12.8. The normalized spacial score (nSPS) is 22.6. The summed E-state index contributed by atoms with van der Waals surface area (Å²) < 4.78 is 14.2. The highest BCUT2D eigenvalue weighted by Crippen LogP contribution is 2.44. The van der Waals surface area contributed by atoms with Crippen molar-refractivity contribution in [2.75, 3.05) is 12.4 Å². The molecule has 162 valence electrons. The minimum absolute atomic E-state index is 0. The van der Waals surface area contributed by atoms with E-state index in [0.29, 0.717) is 24.6 Å². The number of nitrogens with two attached hydrogens (primary N) is 1. The molecule has 2 aliphatic rings. The maximum Gasteiger partial charge on any atom is 0.223 e. The third-order valence-corrected chi connectivity index (χ3v) is 5.92. The van der Waals surface area contributed by atoms with Crippen LogP contribution in [0.1, 0.15) is 50.3 Å². The van der Waals surface area contributed by atoms with Crippen LogP contribution in [0.15, 0.2) is 42.7 Å². The molecule has 0 spiro atoms. The van der Waals surface area contributed by atoms with E-state index in [1.54, 1.807) is 6.20 Å². The Morgan fingerprint density at radius 2 is 2.00 bits per heavy atom. The first-order valence-corrected chi connectivity index (χ1v) is 10.4. The average Bonchev–Trinajstić information content (AvgIpc) is 2.68.